The van der Waals surface area contributed by atoms with E-state index in [1.54, 1.807) is 6.92 Å². The fourth-order valence-electron chi connectivity index (χ4n) is 0.331. The summed E-state index contributed by atoms with van der Waals surface area (Å²) in [4.78, 5) is 10.4. The van der Waals surface area contributed by atoms with E-state index in [1.807, 2.05) is 0 Å². The maximum Gasteiger partial charge on any atom is 0.384 e. The van der Waals surface area contributed by atoms with Crippen LogP contribution in [0.25, 0.3) is 0 Å². The molecule has 0 aliphatic heterocycles. The first-order valence-electron chi connectivity index (χ1n) is 3.03. The average Bonchev–Trinajstić information content (AvgIpc) is 1.85. The first-order valence-corrected chi connectivity index (χ1v) is 3.03. The highest BCUT2D eigenvalue weighted by molar-refractivity contribution is 5.88. The summed E-state index contributed by atoms with van der Waals surface area (Å²) in [5.41, 5.74) is 0. The third-order valence-corrected chi connectivity index (χ3v) is 0.659. The molecule has 56 valence electrons. The third-order valence-electron chi connectivity index (χ3n) is 0.659. The molecule has 0 aromatic carbocycles. The molecule has 0 aliphatic carbocycles. The fraction of sp³-hybridized carbons (Fsp3) is 0.571. The van der Waals surface area contributed by atoms with Crippen molar-refractivity contribution in [3.05, 3.63) is 0 Å². The zero-order valence-electron chi connectivity index (χ0n) is 6.05. The summed E-state index contributed by atoms with van der Waals surface area (Å²) in [6.45, 7) is 3.49. The van der Waals surface area contributed by atoms with Crippen LogP contribution in [0.4, 0.5) is 0 Å². The van der Waals surface area contributed by atoms with Gasteiger partial charge >= 0.3 is 5.97 Å². The van der Waals surface area contributed by atoms with Crippen LogP contribution in [0.15, 0.2) is 0 Å². The second-order valence-corrected chi connectivity index (χ2v) is 1.67. The maximum absolute atomic E-state index is 10.4. The van der Waals surface area contributed by atoms with Crippen molar-refractivity contribution in [1.82, 2.24) is 0 Å². The molecule has 0 amide bonds. The Kier molecular flexibility index (Phi) is 4.34. The van der Waals surface area contributed by atoms with Crippen LogP contribution >= 0.6 is 0 Å². The van der Waals surface area contributed by atoms with Crippen molar-refractivity contribution in [1.29, 1.82) is 0 Å². The lowest BCUT2D eigenvalue weighted by Gasteiger charge is -1.91. The van der Waals surface area contributed by atoms with Gasteiger partial charge in [-0.3, -0.25) is 0 Å². The lowest BCUT2D eigenvalue weighted by atomic mass is 10.4. The summed E-state index contributed by atoms with van der Waals surface area (Å²) < 4.78 is 4.47. The van der Waals surface area contributed by atoms with E-state index in [0.717, 1.165) is 0 Å². The van der Waals surface area contributed by atoms with Gasteiger partial charge in [-0.1, -0.05) is 5.92 Å². The standard InChI is InChI=1S/C7H10O3/c1-3-10-7(9)5-4-6(2)8/h6,8H,3H2,1-2H3/t6-/m0/s1. The predicted molar refractivity (Wildman–Crippen MR) is 36.1 cm³/mol. The molecule has 0 saturated carbocycles. The largest absolute Gasteiger partial charge is 0.456 e. The number of carbonyl (C=O) groups is 1. The van der Waals surface area contributed by atoms with E-state index in [9.17, 15) is 4.79 Å². The second-order valence-electron chi connectivity index (χ2n) is 1.67. The van der Waals surface area contributed by atoms with Gasteiger partial charge in [-0.15, -0.1) is 0 Å². The number of esters is 1. The number of hydrogen-bond donors (Lipinski definition) is 1. The Balaban J connectivity index is 3.69. The molecule has 0 aromatic heterocycles. The fourth-order valence-corrected chi connectivity index (χ4v) is 0.331. The van der Waals surface area contributed by atoms with Gasteiger partial charge in [0.25, 0.3) is 0 Å². The van der Waals surface area contributed by atoms with Crippen LogP contribution < -0.4 is 0 Å². The Labute approximate surface area is 60.0 Å². The Morgan fingerprint density at radius 1 is 1.80 bits per heavy atom. The van der Waals surface area contributed by atoms with Gasteiger partial charge in [0.1, 0.15) is 6.10 Å². The summed E-state index contributed by atoms with van der Waals surface area (Å²) >= 11 is 0. The number of hydrogen-bond acceptors (Lipinski definition) is 3. The zero-order chi connectivity index (χ0) is 7.98. The minimum Gasteiger partial charge on any atom is -0.456 e. The van der Waals surface area contributed by atoms with E-state index in [-0.39, 0.29) is 0 Å². The van der Waals surface area contributed by atoms with Gasteiger partial charge in [0, 0.05) is 5.92 Å². The van der Waals surface area contributed by atoms with Gasteiger partial charge in [-0.2, -0.15) is 0 Å². The van der Waals surface area contributed by atoms with Crippen molar-refractivity contribution >= 4 is 5.97 Å². The number of aliphatic hydroxyl groups excluding tert-OH is 1. The summed E-state index contributed by atoms with van der Waals surface area (Å²) in [6, 6.07) is 0. The van der Waals surface area contributed by atoms with Crippen molar-refractivity contribution in [3.8, 4) is 11.8 Å². The summed E-state index contributed by atoms with van der Waals surface area (Å²) in [6.07, 6.45) is -0.774. The molecular weight excluding hydrogens is 132 g/mol. The number of rotatable bonds is 1. The first kappa shape index (κ1) is 8.99. The lowest BCUT2D eigenvalue weighted by molar-refractivity contribution is -0.136. The molecule has 1 N–H and O–H groups in total. The normalized spacial score (nSPS) is 11.1. The summed E-state index contributed by atoms with van der Waals surface area (Å²) in [5.74, 6) is 3.79. The van der Waals surface area contributed by atoms with Crippen molar-refractivity contribution < 1.29 is 14.6 Å². The molecular formula is C7H10O3. The molecule has 1 atom stereocenters. The van der Waals surface area contributed by atoms with Crippen molar-refractivity contribution in [2.45, 2.75) is 20.0 Å². The molecule has 0 fully saturated rings. The van der Waals surface area contributed by atoms with E-state index in [4.69, 9.17) is 5.11 Å². The van der Waals surface area contributed by atoms with E-state index in [2.05, 4.69) is 16.6 Å². The molecule has 10 heavy (non-hydrogen) atoms. The monoisotopic (exact) mass is 142 g/mol. The van der Waals surface area contributed by atoms with Gasteiger partial charge in [0.05, 0.1) is 6.61 Å². The summed E-state index contributed by atoms with van der Waals surface area (Å²) in [5, 5.41) is 8.59. The van der Waals surface area contributed by atoms with Crippen LogP contribution in [0.2, 0.25) is 0 Å². The van der Waals surface area contributed by atoms with Crippen LogP contribution in [0.1, 0.15) is 13.8 Å². The minimum absolute atomic E-state index is 0.313. The highest BCUT2D eigenvalue weighted by Gasteiger charge is 1.92. The zero-order valence-corrected chi connectivity index (χ0v) is 6.05. The molecule has 0 bridgehead atoms. The number of aliphatic hydroxyl groups is 1. The van der Waals surface area contributed by atoms with Crippen molar-refractivity contribution in [2.75, 3.05) is 6.61 Å². The molecule has 3 nitrogen and oxygen atoms in total. The first-order chi connectivity index (χ1) is 4.66. The quantitative estimate of drug-likeness (QED) is 0.317. The molecule has 0 heterocycles. The molecule has 3 heteroatoms. The van der Waals surface area contributed by atoms with Gasteiger partial charge in [-0.25, -0.2) is 4.79 Å². The van der Waals surface area contributed by atoms with Crippen molar-refractivity contribution in [2.24, 2.45) is 0 Å². The average molecular weight is 142 g/mol. The van der Waals surface area contributed by atoms with Crippen LogP contribution in [0.3, 0.4) is 0 Å². The SMILES string of the molecule is CCOC(=O)C#C[C@H](C)O. The van der Waals surface area contributed by atoms with Crippen LogP contribution in [-0.2, 0) is 9.53 Å². The Hall–Kier alpha value is -1.01. The van der Waals surface area contributed by atoms with Gasteiger partial charge in [0.2, 0.25) is 0 Å². The van der Waals surface area contributed by atoms with Gasteiger partial charge in [0.15, 0.2) is 0 Å². The molecule has 0 aliphatic rings. The number of carbonyl (C=O) groups excluding carboxylic acids is 1. The smallest absolute Gasteiger partial charge is 0.384 e. The Bertz CT molecular complexity index is 161. The van der Waals surface area contributed by atoms with Gasteiger partial charge in [-0.05, 0) is 13.8 Å². The highest BCUT2D eigenvalue weighted by Crippen LogP contribution is 1.76. The van der Waals surface area contributed by atoms with Crippen molar-refractivity contribution in [3.63, 3.8) is 0 Å². The second kappa shape index (κ2) is 4.83. The van der Waals surface area contributed by atoms with Crippen LogP contribution in [0, 0.1) is 11.8 Å². The topological polar surface area (TPSA) is 46.5 Å². The Morgan fingerprint density at radius 3 is 2.80 bits per heavy atom. The van der Waals surface area contributed by atoms with Crippen LogP contribution in [-0.4, -0.2) is 23.8 Å². The van der Waals surface area contributed by atoms with Gasteiger partial charge < -0.3 is 9.84 Å². The third kappa shape index (κ3) is 5.13. The molecule has 0 spiro atoms. The molecule has 0 radical (unpaired) electrons. The Morgan fingerprint density at radius 2 is 2.40 bits per heavy atom. The molecule has 0 rings (SSSR count). The van der Waals surface area contributed by atoms with E-state index in [0.29, 0.717) is 6.61 Å². The molecule has 0 aromatic rings. The minimum atomic E-state index is -0.774. The van der Waals surface area contributed by atoms with E-state index >= 15 is 0 Å². The molecule has 0 unspecified atom stereocenters. The highest BCUT2D eigenvalue weighted by atomic mass is 16.5. The van der Waals surface area contributed by atoms with E-state index < -0.39 is 12.1 Å². The van der Waals surface area contributed by atoms with E-state index in [1.165, 1.54) is 6.92 Å². The summed E-state index contributed by atoms with van der Waals surface area (Å²) in [7, 11) is 0. The molecule has 0 saturated heterocycles. The maximum atomic E-state index is 10.4. The predicted octanol–water partition coefficient (Wildman–Crippen LogP) is -0.0663. The van der Waals surface area contributed by atoms with Crippen LogP contribution in [0.5, 0.6) is 0 Å². The number of ether oxygens (including phenoxy) is 1. The lowest BCUT2D eigenvalue weighted by Crippen LogP contribution is -2.02.